The first kappa shape index (κ1) is 15.1. The molecule has 20 heavy (non-hydrogen) atoms. The second kappa shape index (κ2) is 8.78. The molecular formula is C18H27N2. The van der Waals surface area contributed by atoms with E-state index in [1.807, 2.05) is 24.3 Å². The highest BCUT2D eigenvalue weighted by Crippen LogP contribution is 2.30. The van der Waals surface area contributed by atoms with E-state index in [1.165, 1.54) is 57.8 Å². The van der Waals surface area contributed by atoms with E-state index in [0.717, 1.165) is 23.6 Å². The van der Waals surface area contributed by atoms with Crippen LogP contribution in [-0.2, 0) is 0 Å². The number of hydrogen-bond acceptors (Lipinski definition) is 1. The number of benzene rings is 1. The van der Waals surface area contributed by atoms with Crippen molar-refractivity contribution < 1.29 is 0 Å². The van der Waals surface area contributed by atoms with Crippen LogP contribution in [0.5, 0.6) is 0 Å². The molecule has 0 spiro atoms. The molecule has 1 aromatic carbocycles. The Morgan fingerprint density at radius 1 is 0.750 bits per heavy atom. The molecule has 1 heterocycles. The topological polar surface area (TPSA) is 26.5 Å². The average molecular weight is 271 g/mol. The van der Waals surface area contributed by atoms with E-state index < -0.39 is 0 Å². The Morgan fingerprint density at radius 3 is 2.00 bits per heavy atom. The predicted molar refractivity (Wildman–Crippen MR) is 87.2 cm³/mol. The molecule has 109 valence electrons. The summed E-state index contributed by atoms with van der Waals surface area (Å²) in [7, 11) is 0. The molecule has 1 aromatic rings. The monoisotopic (exact) mass is 271 g/mol. The van der Waals surface area contributed by atoms with Crippen molar-refractivity contribution in [3.63, 3.8) is 0 Å². The van der Waals surface area contributed by atoms with Crippen LogP contribution in [0.3, 0.4) is 0 Å². The Labute approximate surface area is 123 Å². The van der Waals surface area contributed by atoms with E-state index in [4.69, 9.17) is 0 Å². The lowest BCUT2D eigenvalue weighted by Gasteiger charge is -2.02. The fourth-order valence-corrected chi connectivity index (χ4v) is 2.66. The molecule has 0 aliphatic carbocycles. The molecule has 0 fully saturated rings. The van der Waals surface area contributed by atoms with Gasteiger partial charge in [-0.3, -0.25) is 0 Å². The van der Waals surface area contributed by atoms with Crippen LogP contribution >= 0.6 is 0 Å². The summed E-state index contributed by atoms with van der Waals surface area (Å²) in [6.45, 7) is 2.27. The molecule has 0 N–H and O–H groups in total. The molecule has 0 saturated heterocycles. The van der Waals surface area contributed by atoms with Gasteiger partial charge in [0.25, 0.3) is 0 Å². The lowest BCUT2D eigenvalue weighted by atomic mass is 10.1. The molecular weight excluding hydrogens is 244 g/mol. The molecule has 1 aliphatic rings. The maximum absolute atomic E-state index is 4.57. The van der Waals surface area contributed by atoms with Crippen LogP contribution in [0.15, 0.2) is 29.3 Å². The van der Waals surface area contributed by atoms with E-state index in [9.17, 15) is 0 Å². The zero-order valence-electron chi connectivity index (χ0n) is 12.8. The predicted octanol–water partition coefficient (Wildman–Crippen LogP) is 5.89. The Balaban J connectivity index is 1.49. The van der Waals surface area contributed by atoms with Gasteiger partial charge < -0.3 is 0 Å². The largest absolute Gasteiger partial charge is 0.231 e. The Bertz CT molecular complexity index is 423. The summed E-state index contributed by atoms with van der Waals surface area (Å²) in [4.78, 5) is 4.57. The Morgan fingerprint density at radius 2 is 1.35 bits per heavy atom. The molecule has 0 atom stereocenters. The molecule has 1 aliphatic heterocycles. The molecule has 2 rings (SSSR count). The van der Waals surface area contributed by atoms with Crippen LogP contribution in [-0.4, -0.2) is 5.84 Å². The number of para-hydroxylation sites is 2. The molecule has 0 bridgehead atoms. The normalized spacial score (nSPS) is 12.9. The summed E-state index contributed by atoms with van der Waals surface area (Å²) in [5.41, 5.74) is 2.08. The second-order valence-electron chi connectivity index (χ2n) is 5.71. The minimum absolute atomic E-state index is 1.02. The molecule has 0 unspecified atom stereocenters. The zero-order chi connectivity index (χ0) is 14.0. The third kappa shape index (κ3) is 4.99. The van der Waals surface area contributed by atoms with Crippen molar-refractivity contribution in [3.05, 3.63) is 24.3 Å². The third-order valence-corrected chi connectivity index (χ3v) is 3.88. The zero-order valence-corrected chi connectivity index (χ0v) is 12.8. The van der Waals surface area contributed by atoms with Crippen molar-refractivity contribution in [1.82, 2.24) is 5.32 Å². The first-order chi connectivity index (χ1) is 9.90. The van der Waals surface area contributed by atoms with Crippen molar-refractivity contribution in [2.75, 3.05) is 0 Å². The molecule has 0 saturated carbocycles. The van der Waals surface area contributed by atoms with Gasteiger partial charge in [-0.25, -0.2) is 10.3 Å². The van der Waals surface area contributed by atoms with E-state index in [-0.39, 0.29) is 0 Å². The summed E-state index contributed by atoms with van der Waals surface area (Å²) in [5.74, 6) is 1.02. The SMILES string of the molecule is CCCCCCCCCCCC1=Nc2ccccc2[N]1. The van der Waals surface area contributed by atoms with E-state index in [0.29, 0.717) is 0 Å². The second-order valence-corrected chi connectivity index (χ2v) is 5.71. The minimum atomic E-state index is 1.02. The lowest BCUT2D eigenvalue weighted by Crippen LogP contribution is -2.05. The highest BCUT2D eigenvalue weighted by atomic mass is 15.1. The number of amidine groups is 1. The maximum Gasteiger partial charge on any atom is 0.129 e. The summed E-state index contributed by atoms with van der Waals surface area (Å²) in [6.07, 6.45) is 13.3. The van der Waals surface area contributed by atoms with Crippen molar-refractivity contribution in [3.8, 4) is 0 Å². The highest BCUT2D eigenvalue weighted by Gasteiger charge is 2.13. The van der Waals surface area contributed by atoms with Gasteiger partial charge in [0.15, 0.2) is 0 Å². The molecule has 2 nitrogen and oxygen atoms in total. The summed E-state index contributed by atoms with van der Waals surface area (Å²) in [6, 6.07) is 8.14. The van der Waals surface area contributed by atoms with Crippen molar-refractivity contribution >= 4 is 17.2 Å². The molecule has 2 heteroatoms. The standard InChI is InChI=1S/C18H27N2/c1-2-3-4-5-6-7-8-9-10-15-18-19-16-13-11-12-14-17(16)20-18/h11-14H,2-10,15H2,1H3. The average Bonchev–Trinajstić information content (AvgIpc) is 2.88. The number of hydrogen-bond donors (Lipinski definition) is 0. The van der Waals surface area contributed by atoms with Crippen LogP contribution < -0.4 is 5.32 Å². The smallest absolute Gasteiger partial charge is 0.129 e. The first-order valence-corrected chi connectivity index (χ1v) is 8.28. The lowest BCUT2D eigenvalue weighted by molar-refractivity contribution is 0.568. The van der Waals surface area contributed by atoms with Gasteiger partial charge in [0.2, 0.25) is 0 Å². The van der Waals surface area contributed by atoms with Gasteiger partial charge in [0.1, 0.15) is 5.84 Å². The van der Waals surface area contributed by atoms with Crippen molar-refractivity contribution in [2.24, 2.45) is 4.99 Å². The van der Waals surface area contributed by atoms with Gasteiger partial charge in [0, 0.05) is 6.42 Å². The van der Waals surface area contributed by atoms with Crippen LogP contribution in [0.1, 0.15) is 71.1 Å². The number of fused-ring (bicyclic) bond motifs is 1. The van der Waals surface area contributed by atoms with Gasteiger partial charge >= 0.3 is 0 Å². The van der Waals surface area contributed by atoms with Gasteiger partial charge in [-0.15, -0.1) is 0 Å². The number of unbranched alkanes of at least 4 members (excludes halogenated alkanes) is 8. The number of rotatable bonds is 10. The number of nitrogens with zero attached hydrogens (tertiary/aromatic N) is 2. The Kier molecular flexibility index (Phi) is 6.62. The maximum atomic E-state index is 4.57. The first-order valence-electron chi connectivity index (χ1n) is 8.28. The van der Waals surface area contributed by atoms with E-state index >= 15 is 0 Å². The van der Waals surface area contributed by atoms with Gasteiger partial charge in [-0.05, 0) is 18.6 Å². The van der Waals surface area contributed by atoms with Crippen molar-refractivity contribution in [2.45, 2.75) is 71.1 Å². The van der Waals surface area contributed by atoms with Crippen LogP contribution in [0, 0.1) is 0 Å². The van der Waals surface area contributed by atoms with Gasteiger partial charge in [0.05, 0.1) is 11.4 Å². The third-order valence-electron chi connectivity index (χ3n) is 3.88. The highest BCUT2D eigenvalue weighted by molar-refractivity contribution is 5.95. The van der Waals surface area contributed by atoms with E-state index in [2.05, 4.69) is 17.2 Å². The number of aliphatic imine (C=N–C) groups is 1. The quantitative estimate of drug-likeness (QED) is 0.475. The van der Waals surface area contributed by atoms with Crippen LogP contribution in [0.25, 0.3) is 0 Å². The van der Waals surface area contributed by atoms with Crippen molar-refractivity contribution in [1.29, 1.82) is 0 Å². The van der Waals surface area contributed by atoms with E-state index in [1.54, 1.807) is 0 Å². The fourth-order valence-electron chi connectivity index (χ4n) is 2.66. The molecule has 0 aromatic heterocycles. The molecule has 0 amide bonds. The minimum Gasteiger partial charge on any atom is -0.231 e. The molecule has 1 radical (unpaired) electrons. The van der Waals surface area contributed by atoms with Crippen LogP contribution in [0.2, 0.25) is 0 Å². The van der Waals surface area contributed by atoms with Gasteiger partial charge in [-0.1, -0.05) is 70.4 Å². The summed E-state index contributed by atoms with van der Waals surface area (Å²) < 4.78 is 0. The Hall–Kier alpha value is -1.31. The fraction of sp³-hybridized carbons (Fsp3) is 0.611. The summed E-state index contributed by atoms with van der Waals surface area (Å²) >= 11 is 0. The van der Waals surface area contributed by atoms with Gasteiger partial charge in [-0.2, -0.15) is 0 Å². The van der Waals surface area contributed by atoms with Crippen LogP contribution in [0.4, 0.5) is 11.4 Å². The summed E-state index contributed by atoms with van der Waals surface area (Å²) in [5, 5.41) is 4.57.